The highest BCUT2D eigenvalue weighted by molar-refractivity contribution is 5.91. The predicted octanol–water partition coefficient (Wildman–Crippen LogP) is 1.84. The fraction of sp³-hybridized carbons (Fsp3) is 0.467. The number of aliphatic imine (C=N–C) groups is 1. The quantitative estimate of drug-likeness (QED) is 0.452. The highest BCUT2D eigenvalue weighted by atomic mass is 16.5. The van der Waals surface area contributed by atoms with Crippen molar-refractivity contribution in [1.29, 1.82) is 0 Å². The summed E-state index contributed by atoms with van der Waals surface area (Å²) in [5, 5.41) is 0. The summed E-state index contributed by atoms with van der Waals surface area (Å²) in [7, 11) is 0. The average molecular weight is 277 g/mol. The molecular weight excluding hydrogens is 254 g/mol. The van der Waals surface area contributed by atoms with E-state index in [1.54, 1.807) is 0 Å². The molecule has 0 bridgehead atoms. The van der Waals surface area contributed by atoms with Gasteiger partial charge in [-0.15, -0.1) is 0 Å². The molecule has 0 fully saturated rings. The minimum Gasteiger partial charge on any atom is -0.494 e. The van der Waals surface area contributed by atoms with E-state index >= 15 is 0 Å². The third-order valence-electron chi connectivity index (χ3n) is 2.62. The van der Waals surface area contributed by atoms with E-state index in [2.05, 4.69) is 31.0 Å². The molecule has 1 amide bonds. The van der Waals surface area contributed by atoms with Gasteiger partial charge in [0.05, 0.1) is 6.61 Å². The molecule has 1 aromatic carbocycles. The number of nitrogens with zero attached hydrogens (tertiary/aromatic N) is 1. The summed E-state index contributed by atoms with van der Waals surface area (Å²) < 4.78 is 5.56. The van der Waals surface area contributed by atoms with Crippen LogP contribution in [0.2, 0.25) is 0 Å². The van der Waals surface area contributed by atoms with Crippen molar-refractivity contribution in [3.8, 4) is 5.75 Å². The maximum absolute atomic E-state index is 11.2. The van der Waals surface area contributed by atoms with Gasteiger partial charge in [0, 0.05) is 6.42 Å². The third kappa shape index (κ3) is 6.78. The van der Waals surface area contributed by atoms with Crippen LogP contribution in [-0.4, -0.2) is 18.5 Å². The second-order valence-corrected chi connectivity index (χ2v) is 5.12. The van der Waals surface area contributed by atoms with Crippen molar-refractivity contribution in [1.82, 2.24) is 0 Å². The molecule has 0 atom stereocenters. The minimum atomic E-state index is -0.319. The Morgan fingerprint density at radius 2 is 1.90 bits per heavy atom. The van der Waals surface area contributed by atoms with Crippen LogP contribution < -0.4 is 16.2 Å². The second-order valence-electron chi connectivity index (χ2n) is 5.12. The summed E-state index contributed by atoms with van der Waals surface area (Å²) in [6, 6.07) is 8.05. The van der Waals surface area contributed by atoms with Crippen molar-refractivity contribution in [2.75, 3.05) is 6.61 Å². The summed E-state index contributed by atoms with van der Waals surface area (Å²) in [6.45, 7) is 4.85. The van der Waals surface area contributed by atoms with Gasteiger partial charge < -0.3 is 16.2 Å². The molecule has 0 aliphatic carbocycles. The van der Waals surface area contributed by atoms with Crippen LogP contribution in [0.4, 0.5) is 0 Å². The van der Waals surface area contributed by atoms with Crippen LogP contribution in [0.1, 0.15) is 32.3 Å². The van der Waals surface area contributed by atoms with Gasteiger partial charge in [0.1, 0.15) is 5.75 Å². The molecule has 0 radical (unpaired) electrons. The van der Waals surface area contributed by atoms with Crippen molar-refractivity contribution in [2.24, 2.45) is 22.4 Å². The van der Waals surface area contributed by atoms with E-state index in [4.69, 9.17) is 16.2 Å². The van der Waals surface area contributed by atoms with Crippen LogP contribution in [0, 0.1) is 5.92 Å². The smallest absolute Gasteiger partial charge is 0.248 e. The van der Waals surface area contributed by atoms with Gasteiger partial charge in [-0.1, -0.05) is 26.0 Å². The number of hydrogen-bond acceptors (Lipinski definition) is 2. The van der Waals surface area contributed by atoms with Crippen LogP contribution >= 0.6 is 0 Å². The standard InChI is InChI=1S/C15H23N3O2/c1-11(2)10-12-5-7-13(8-6-12)20-9-3-4-14(19)18-15(16)17/h5-8,11H,3-4,9-10H2,1-2H3,(H4,16,17,18,19). The first kappa shape index (κ1) is 16.0. The zero-order valence-electron chi connectivity index (χ0n) is 12.1. The molecule has 0 unspecified atom stereocenters. The molecule has 20 heavy (non-hydrogen) atoms. The topological polar surface area (TPSA) is 90.7 Å². The molecule has 0 saturated heterocycles. The summed E-state index contributed by atoms with van der Waals surface area (Å²) in [5.41, 5.74) is 11.5. The first-order valence-electron chi connectivity index (χ1n) is 6.81. The number of rotatable bonds is 7. The fourth-order valence-electron chi connectivity index (χ4n) is 1.81. The van der Waals surface area contributed by atoms with Crippen molar-refractivity contribution < 1.29 is 9.53 Å². The lowest BCUT2D eigenvalue weighted by molar-refractivity contribution is -0.118. The second kappa shape index (κ2) is 8.19. The van der Waals surface area contributed by atoms with E-state index in [9.17, 15) is 4.79 Å². The molecule has 5 nitrogen and oxygen atoms in total. The zero-order chi connectivity index (χ0) is 15.0. The molecule has 110 valence electrons. The van der Waals surface area contributed by atoms with E-state index in [1.165, 1.54) is 5.56 Å². The van der Waals surface area contributed by atoms with Gasteiger partial charge in [-0.05, 0) is 36.5 Å². The van der Waals surface area contributed by atoms with Gasteiger partial charge in [0.2, 0.25) is 5.91 Å². The lowest BCUT2D eigenvalue weighted by Crippen LogP contribution is -2.24. The van der Waals surface area contributed by atoms with E-state index < -0.39 is 0 Å². The van der Waals surface area contributed by atoms with E-state index in [1.807, 2.05) is 12.1 Å². The van der Waals surface area contributed by atoms with Gasteiger partial charge in [-0.25, -0.2) is 0 Å². The van der Waals surface area contributed by atoms with Crippen molar-refractivity contribution in [2.45, 2.75) is 33.1 Å². The van der Waals surface area contributed by atoms with Crippen LogP contribution in [0.3, 0.4) is 0 Å². The van der Waals surface area contributed by atoms with Crippen LogP contribution in [0.15, 0.2) is 29.3 Å². The van der Waals surface area contributed by atoms with E-state index in [0.29, 0.717) is 18.9 Å². The molecule has 0 aliphatic rings. The van der Waals surface area contributed by atoms with Gasteiger partial charge in [-0.3, -0.25) is 4.79 Å². The Bertz CT molecular complexity index is 449. The van der Waals surface area contributed by atoms with Crippen molar-refractivity contribution >= 4 is 11.9 Å². The Morgan fingerprint density at radius 3 is 2.45 bits per heavy atom. The number of guanidine groups is 1. The van der Waals surface area contributed by atoms with Crippen LogP contribution in [0.25, 0.3) is 0 Å². The van der Waals surface area contributed by atoms with Crippen LogP contribution in [-0.2, 0) is 11.2 Å². The number of amides is 1. The minimum absolute atomic E-state index is 0.198. The first-order chi connectivity index (χ1) is 9.47. The lowest BCUT2D eigenvalue weighted by Gasteiger charge is -2.08. The molecule has 1 aromatic rings. The monoisotopic (exact) mass is 277 g/mol. The third-order valence-corrected chi connectivity index (χ3v) is 2.62. The largest absolute Gasteiger partial charge is 0.494 e. The van der Waals surface area contributed by atoms with Gasteiger partial charge in [0.25, 0.3) is 0 Å². The Labute approximate surface area is 120 Å². The molecule has 5 heteroatoms. The Morgan fingerprint density at radius 1 is 1.25 bits per heavy atom. The van der Waals surface area contributed by atoms with Gasteiger partial charge in [0.15, 0.2) is 5.96 Å². The number of carbonyl (C=O) groups excluding carboxylic acids is 1. The normalized spacial score (nSPS) is 10.3. The predicted molar refractivity (Wildman–Crippen MR) is 80.5 cm³/mol. The van der Waals surface area contributed by atoms with E-state index in [-0.39, 0.29) is 18.3 Å². The molecular formula is C15H23N3O2. The molecule has 0 aromatic heterocycles. The summed E-state index contributed by atoms with van der Waals surface area (Å²) in [4.78, 5) is 14.6. The Hall–Kier alpha value is -2.04. The molecule has 1 rings (SSSR count). The van der Waals surface area contributed by atoms with Crippen molar-refractivity contribution in [3.63, 3.8) is 0 Å². The van der Waals surface area contributed by atoms with Gasteiger partial charge >= 0.3 is 0 Å². The van der Waals surface area contributed by atoms with Gasteiger partial charge in [-0.2, -0.15) is 4.99 Å². The van der Waals surface area contributed by atoms with Crippen molar-refractivity contribution in [3.05, 3.63) is 29.8 Å². The van der Waals surface area contributed by atoms with Crippen LogP contribution in [0.5, 0.6) is 5.75 Å². The zero-order valence-corrected chi connectivity index (χ0v) is 12.1. The molecule has 0 heterocycles. The molecule has 0 aliphatic heterocycles. The summed E-state index contributed by atoms with van der Waals surface area (Å²) >= 11 is 0. The lowest BCUT2D eigenvalue weighted by atomic mass is 10.0. The first-order valence-corrected chi connectivity index (χ1v) is 6.81. The molecule has 4 N–H and O–H groups in total. The number of nitrogens with two attached hydrogens (primary N) is 2. The SMILES string of the molecule is CC(C)Cc1ccc(OCCCC(=O)N=C(N)N)cc1. The number of hydrogen-bond donors (Lipinski definition) is 2. The number of carbonyl (C=O) groups is 1. The number of ether oxygens (including phenoxy) is 1. The average Bonchev–Trinajstić information content (AvgIpc) is 2.35. The number of benzene rings is 1. The molecule has 0 saturated carbocycles. The summed E-state index contributed by atoms with van der Waals surface area (Å²) in [6.07, 6.45) is 1.93. The highest BCUT2D eigenvalue weighted by Gasteiger charge is 2.01. The van der Waals surface area contributed by atoms with E-state index in [0.717, 1.165) is 12.2 Å². The summed E-state index contributed by atoms with van der Waals surface area (Å²) in [5.74, 6) is 0.938. The Balaban J connectivity index is 2.29. The highest BCUT2D eigenvalue weighted by Crippen LogP contribution is 2.15. The fourth-order valence-corrected chi connectivity index (χ4v) is 1.81. The Kier molecular flexibility index (Phi) is 6.56. The maximum atomic E-state index is 11.2. The molecule has 0 spiro atoms. The maximum Gasteiger partial charge on any atom is 0.248 e.